The van der Waals surface area contributed by atoms with Gasteiger partial charge in [0.05, 0.1) is 31.5 Å². The van der Waals surface area contributed by atoms with Crippen molar-refractivity contribution in [3.8, 4) is 11.6 Å². The summed E-state index contributed by atoms with van der Waals surface area (Å²) in [6.07, 6.45) is 2.29. The molecule has 2 atom stereocenters. The number of pyridine rings is 2. The van der Waals surface area contributed by atoms with E-state index in [4.69, 9.17) is 14.2 Å². The highest BCUT2D eigenvalue weighted by Crippen LogP contribution is 2.31. The van der Waals surface area contributed by atoms with E-state index >= 15 is 0 Å². The van der Waals surface area contributed by atoms with Crippen LogP contribution < -0.4 is 24.6 Å². The van der Waals surface area contributed by atoms with Gasteiger partial charge in [-0.2, -0.15) is 0 Å². The molecule has 4 heterocycles. The second-order valence-corrected chi connectivity index (χ2v) is 8.58. The van der Waals surface area contributed by atoms with Gasteiger partial charge in [-0.25, -0.2) is 9.37 Å². The van der Waals surface area contributed by atoms with E-state index in [2.05, 4.69) is 32.3 Å². The summed E-state index contributed by atoms with van der Waals surface area (Å²) >= 11 is 0. The molecule has 0 unspecified atom stereocenters. The molecule has 2 aliphatic rings. The summed E-state index contributed by atoms with van der Waals surface area (Å²) in [6, 6.07) is 11.9. The third kappa shape index (κ3) is 4.71. The molecule has 0 bridgehead atoms. The van der Waals surface area contributed by atoms with Crippen LogP contribution in [-0.4, -0.2) is 68.7 Å². The Kier molecular flexibility index (Phi) is 6.64. The maximum Gasteiger partial charge on any atom is 0.213 e. The summed E-state index contributed by atoms with van der Waals surface area (Å²) in [5.41, 5.74) is 2.81. The van der Waals surface area contributed by atoms with Crippen LogP contribution in [0.25, 0.3) is 11.0 Å². The number of hydrogen-bond donors (Lipinski definition) is 1. The van der Waals surface area contributed by atoms with Gasteiger partial charge >= 0.3 is 0 Å². The second kappa shape index (κ2) is 9.99. The standard InChI is InChI=1S/C25H30FN5O3/c1-3-33-19-6-4-18(5-7-19)31-15-20(34-16-31)12-27-17-10-11-30(14-17)25-21(26)13-28-22-8-9-23(32-2)29-24(22)25/h4-9,13,17,20,27H,3,10-12,14-16H2,1-2H3/t17-,20+/m0/s1. The van der Waals surface area contributed by atoms with Crippen LogP contribution in [0.1, 0.15) is 13.3 Å². The van der Waals surface area contributed by atoms with Crippen molar-refractivity contribution in [2.45, 2.75) is 25.5 Å². The zero-order chi connectivity index (χ0) is 23.5. The molecule has 0 radical (unpaired) electrons. The third-order valence-electron chi connectivity index (χ3n) is 6.37. The molecule has 0 saturated carbocycles. The van der Waals surface area contributed by atoms with E-state index in [0.29, 0.717) is 42.5 Å². The summed E-state index contributed by atoms with van der Waals surface area (Å²) in [7, 11) is 1.55. The number of aromatic nitrogens is 2. The zero-order valence-electron chi connectivity index (χ0n) is 19.5. The van der Waals surface area contributed by atoms with Crippen molar-refractivity contribution in [1.29, 1.82) is 0 Å². The Morgan fingerprint density at radius 1 is 1.15 bits per heavy atom. The second-order valence-electron chi connectivity index (χ2n) is 8.58. The number of fused-ring (bicyclic) bond motifs is 1. The molecule has 2 aromatic heterocycles. The predicted octanol–water partition coefficient (Wildman–Crippen LogP) is 3.21. The maximum atomic E-state index is 14.8. The fourth-order valence-electron chi connectivity index (χ4n) is 4.63. The average Bonchev–Trinajstić information content (AvgIpc) is 3.53. The molecule has 8 nitrogen and oxygen atoms in total. The first-order chi connectivity index (χ1) is 16.6. The van der Waals surface area contributed by atoms with Gasteiger partial charge in [0.15, 0.2) is 5.82 Å². The Morgan fingerprint density at radius 2 is 2.00 bits per heavy atom. The molecule has 2 aliphatic heterocycles. The first-order valence-electron chi connectivity index (χ1n) is 11.7. The van der Waals surface area contributed by atoms with Crippen LogP contribution in [0.2, 0.25) is 0 Å². The van der Waals surface area contributed by atoms with Crippen molar-refractivity contribution >= 4 is 22.4 Å². The average molecular weight is 468 g/mol. The van der Waals surface area contributed by atoms with E-state index in [1.165, 1.54) is 6.20 Å². The smallest absolute Gasteiger partial charge is 0.213 e. The van der Waals surface area contributed by atoms with E-state index in [1.54, 1.807) is 13.2 Å². The van der Waals surface area contributed by atoms with Crippen LogP contribution in [0.4, 0.5) is 15.8 Å². The van der Waals surface area contributed by atoms with Crippen LogP contribution in [0.3, 0.4) is 0 Å². The lowest BCUT2D eigenvalue weighted by Crippen LogP contribution is -2.39. The molecule has 5 rings (SSSR count). The summed E-state index contributed by atoms with van der Waals surface area (Å²) < 4.78 is 31.6. The fraction of sp³-hybridized carbons (Fsp3) is 0.440. The number of rotatable bonds is 8. The molecule has 34 heavy (non-hydrogen) atoms. The Bertz CT molecular complexity index is 1130. The number of methoxy groups -OCH3 is 1. The van der Waals surface area contributed by atoms with Gasteiger partial charge in [-0.1, -0.05) is 0 Å². The molecule has 2 saturated heterocycles. The molecule has 1 aromatic carbocycles. The highest BCUT2D eigenvalue weighted by atomic mass is 19.1. The molecule has 0 aliphatic carbocycles. The quantitative estimate of drug-likeness (QED) is 0.542. The number of hydrogen-bond acceptors (Lipinski definition) is 8. The van der Waals surface area contributed by atoms with E-state index < -0.39 is 0 Å². The highest BCUT2D eigenvalue weighted by Gasteiger charge is 2.29. The molecule has 0 spiro atoms. The van der Waals surface area contributed by atoms with Crippen molar-refractivity contribution < 1.29 is 18.6 Å². The molecule has 1 N–H and O–H groups in total. The van der Waals surface area contributed by atoms with Gasteiger partial charge in [-0.3, -0.25) is 4.98 Å². The monoisotopic (exact) mass is 467 g/mol. The maximum absolute atomic E-state index is 14.8. The number of nitrogens with zero attached hydrogens (tertiary/aromatic N) is 4. The Morgan fingerprint density at radius 3 is 2.79 bits per heavy atom. The van der Waals surface area contributed by atoms with E-state index in [1.807, 2.05) is 30.0 Å². The minimum Gasteiger partial charge on any atom is -0.494 e. The van der Waals surface area contributed by atoms with Crippen LogP contribution in [0, 0.1) is 5.82 Å². The molecular weight excluding hydrogens is 437 g/mol. The lowest BCUT2D eigenvalue weighted by atomic mass is 10.2. The van der Waals surface area contributed by atoms with Crippen LogP contribution >= 0.6 is 0 Å². The predicted molar refractivity (Wildman–Crippen MR) is 129 cm³/mol. The largest absolute Gasteiger partial charge is 0.494 e. The lowest BCUT2D eigenvalue weighted by molar-refractivity contribution is 0.113. The summed E-state index contributed by atoms with van der Waals surface area (Å²) in [5.74, 6) is 0.965. The number of nitrogens with one attached hydrogen (secondary N) is 1. The Hall–Kier alpha value is -3.17. The lowest BCUT2D eigenvalue weighted by Gasteiger charge is -2.21. The van der Waals surface area contributed by atoms with Gasteiger partial charge in [0.1, 0.15) is 23.7 Å². The van der Waals surface area contributed by atoms with Gasteiger partial charge in [0.2, 0.25) is 5.88 Å². The molecule has 2 fully saturated rings. The van der Waals surface area contributed by atoms with Crippen molar-refractivity contribution in [2.75, 3.05) is 56.4 Å². The van der Waals surface area contributed by atoms with Gasteiger partial charge < -0.3 is 29.3 Å². The van der Waals surface area contributed by atoms with E-state index in [0.717, 1.165) is 37.5 Å². The van der Waals surface area contributed by atoms with Crippen molar-refractivity contribution in [1.82, 2.24) is 15.3 Å². The van der Waals surface area contributed by atoms with Crippen LogP contribution in [-0.2, 0) is 4.74 Å². The van der Waals surface area contributed by atoms with E-state index in [-0.39, 0.29) is 18.0 Å². The Balaban J connectivity index is 1.17. The number of ether oxygens (including phenoxy) is 3. The minimum atomic E-state index is -0.362. The summed E-state index contributed by atoms with van der Waals surface area (Å²) in [6.45, 7) is 6.22. The number of anilines is 2. The minimum absolute atomic E-state index is 0.102. The SMILES string of the molecule is CCOc1ccc(N2CO[C@H](CN[C@H]3CCN(c4c(F)cnc5ccc(OC)nc45)C3)C2)cc1. The van der Waals surface area contributed by atoms with Gasteiger partial charge in [0, 0.05) is 44.0 Å². The molecule has 0 amide bonds. The number of benzene rings is 1. The fourth-order valence-corrected chi connectivity index (χ4v) is 4.63. The van der Waals surface area contributed by atoms with Crippen LogP contribution in [0.15, 0.2) is 42.6 Å². The first kappa shape index (κ1) is 22.6. The molecular formula is C25H30FN5O3. The van der Waals surface area contributed by atoms with Gasteiger partial charge in [0.25, 0.3) is 0 Å². The third-order valence-corrected chi connectivity index (χ3v) is 6.37. The van der Waals surface area contributed by atoms with Gasteiger partial charge in [-0.05, 0) is 43.7 Å². The molecule has 180 valence electrons. The topological polar surface area (TPSA) is 72.0 Å². The van der Waals surface area contributed by atoms with Crippen molar-refractivity contribution in [3.63, 3.8) is 0 Å². The van der Waals surface area contributed by atoms with Crippen molar-refractivity contribution in [2.24, 2.45) is 0 Å². The molecule has 3 aromatic rings. The van der Waals surface area contributed by atoms with Crippen molar-refractivity contribution in [3.05, 3.63) is 48.4 Å². The first-order valence-corrected chi connectivity index (χ1v) is 11.7. The summed E-state index contributed by atoms with van der Waals surface area (Å²) in [4.78, 5) is 12.9. The highest BCUT2D eigenvalue weighted by molar-refractivity contribution is 5.88. The summed E-state index contributed by atoms with van der Waals surface area (Å²) in [5, 5.41) is 3.61. The van der Waals surface area contributed by atoms with Crippen LogP contribution in [0.5, 0.6) is 11.6 Å². The Labute approximate surface area is 198 Å². The van der Waals surface area contributed by atoms with Gasteiger partial charge in [-0.15, -0.1) is 0 Å². The zero-order valence-corrected chi connectivity index (χ0v) is 19.5. The normalized spacial score (nSPS) is 20.3. The van der Waals surface area contributed by atoms with E-state index in [9.17, 15) is 4.39 Å². The molecule has 9 heteroatoms. The number of halogens is 1.